The zero-order chi connectivity index (χ0) is 13.3. The smallest absolute Gasteiger partial charge is 0.364 e. The third-order valence-corrected chi connectivity index (χ3v) is 2.46. The van der Waals surface area contributed by atoms with E-state index in [-0.39, 0.29) is 0 Å². The van der Waals surface area contributed by atoms with Gasteiger partial charge in [0.15, 0.2) is 0 Å². The summed E-state index contributed by atoms with van der Waals surface area (Å²) in [5.74, 6) is -1.11. The lowest BCUT2D eigenvalue weighted by molar-refractivity contribution is -0.137. The van der Waals surface area contributed by atoms with Gasteiger partial charge in [0.05, 0.1) is 5.56 Å². The zero-order valence-corrected chi connectivity index (χ0v) is 9.11. The maximum absolute atomic E-state index is 12.7. The van der Waals surface area contributed by atoms with Gasteiger partial charge in [0.25, 0.3) is 5.91 Å². The van der Waals surface area contributed by atoms with E-state index in [0.717, 1.165) is 10.6 Å². The molecule has 0 aliphatic carbocycles. The van der Waals surface area contributed by atoms with E-state index >= 15 is 0 Å². The maximum atomic E-state index is 12.7. The number of para-hydroxylation sites is 1. The molecule has 0 unspecified atom stereocenters. The largest absolute Gasteiger partial charge is 0.418 e. The molecule has 0 saturated heterocycles. The average Bonchev–Trinajstić information content (AvgIpc) is 2.74. The Morgan fingerprint density at radius 3 is 2.22 bits per heavy atom. The lowest BCUT2D eigenvalue weighted by Gasteiger charge is -2.10. The van der Waals surface area contributed by atoms with Crippen molar-refractivity contribution in [3.05, 3.63) is 53.9 Å². The molecular formula is C12H9F3N2O. The highest BCUT2D eigenvalue weighted by Gasteiger charge is 2.37. The summed E-state index contributed by atoms with van der Waals surface area (Å²) in [4.78, 5) is 11.2. The van der Waals surface area contributed by atoms with Crippen molar-refractivity contribution in [1.82, 2.24) is 4.57 Å². The molecule has 0 fully saturated rings. The third kappa shape index (κ3) is 2.09. The van der Waals surface area contributed by atoms with Crippen LogP contribution in [-0.2, 0) is 6.18 Å². The molecule has 1 aromatic heterocycles. The highest BCUT2D eigenvalue weighted by atomic mass is 19.4. The summed E-state index contributed by atoms with van der Waals surface area (Å²) in [6, 6.07) is 9.06. The first kappa shape index (κ1) is 12.2. The molecule has 1 amide bonds. The van der Waals surface area contributed by atoms with Gasteiger partial charge in [0.2, 0.25) is 0 Å². The fraction of sp³-hybridized carbons (Fsp3) is 0.0833. The first-order valence-corrected chi connectivity index (χ1v) is 5.05. The van der Waals surface area contributed by atoms with Gasteiger partial charge in [-0.25, -0.2) is 0 Å². The third-order valence-electron chi connectivity index (χ3n) is 2.46. The molecule has 1 heterocycles. The lowest BCUT2D eigenvalue weighted by Crippen LogP contribution is -2.21. The summed E-state index contributed by atoms with van der Waals surface area (Å²) < 4.78 is 39.3. The number of aromatic nitrogens is 1. The van der Waals surface area contributed by atoms with Gasteiger partial charge < -0.3 is 10.3 Å². The molecule has 0 spiro atoms. The zero-order valence-electron chi connectivity index (χ0n) is 9.11. The fourth-order valence-corrected chi connectivity index (χ4v) is 1.72. The van der Waals surface area contributed by atoms with E-state index in [1.165, 1.54) is 6.20 Å². The van der Waals surface area contributed by atoms with Crippen LogP contribution in [-0.4, -0.2) is 10.5 Å². The Bertz CT molecular complexity index is 573. The van der Waals surface area contributed by atoms with Crippen LogP contribution in [0.3, 0.4) is 0 Å². The van der Waals surface area contributed by atoms with Crippen LogP contribution < -0.4 is 5.73 Å². The second-order valence-corrected chi connectivity index (χ2v) is 3.65. The number of hydrogen-bond acceptors (Lipinski definition) is 1. The van der Waals surface area contributed by atoms with E-state index in [9.17, 15) is 18.0 Å². The van der Waals surface area contributed by atoms with Crippen LogP contribution in [0.2, 0.25) is 0 Å². The fourth-order valence-electron chi connectivity index (χ4n) is 1.72. The van der Waals surface area contributed by atoms with E-state index in [4.69, 9.17) is 5.73 Å². The number of nitrogens with two attached hydrogens (primary N) is 1. The van der Waals surface area contributed by atoms with Crippen LogP contribution in [0.15, 0.2) is 42.6 Å². The molecule has 3 nitrogen and oxygen atoms in total. The Labute approximate surface area is 101 Å². The Hall–Kier alpha value is -2.24. The SMILES string of the molecule is NC(=O)c1c(C(F)(F)F)ccn1-c1ccccc1. The van der Waals surface area contributed by atoms with Crippen LogP contribution in [0.5, 0.6) is 0 Å². The molecule has 6 heteroatoms. The van der Waals surface area contributed by atoms with Crippen LogP contribution in [0.25, 0.3) is 5.69 Å². The molecule has 0 radical (unpaired) electrons. The molecule has 2 rings (SSSR count). The second kappa shape index (κ2) is 4.21. The summed E-state index contributed by atoms with van der Waals surface area (Å²) in [6.07, 6.45) is -3.43. The van der Waals surface area contributed by atoms with Crippen LogP contribution >= 0.6 is 0 Å². The molecule has 0 bridgehead atoms. The molecule has 0 aliphatic rings. The minimum atomic E-state index is -4.61. The molecule has 0 atom stereocenters. The van der Waals surface area contributed by atoms with Crippen molar-refractivity contribution in [3.63, 3.8) is 0 Å². The number of primary amides is 1. The van der Waals surface area contributed by atoms with E-state index in [2.05, 4.69) is 0 Å². The van der Waals surface area contributed by atoms with E-state index in [1.54, 1.807) is 30.3 Å². The van der Waals surface area contributed by atoms with E-state index in [0.29, 0.717) is 5.69 Å². The summed E-state index contributed by atoms with van der Waals surface area (Å²) >= 11 is 0. The predicted molar refractivity (Wildman–Crippen MR) is 59.3 cm³/mol. The van der Waals surface area contributed by atoms with Crippen molar-refractivity contribution < 1.29 is 18.0 Å². The van der Waals surface area contributed by atoms with Crippen LogP contribution in [0, 0.1) is 0 Å². The molecule has 94 valence electrons. The van der Waals surface area contributed by atoms with Crippen molar-refractivity contribution in [1.29, 1.82) is 0 Å². The minimum absolute atomic E-state index is 0.446. The maximum Gasteiger partial charge on any atom is 0.418 e. The predicted octanol–water partition coefficient (Wildman–Crippen LogP) is 2.60. The average molecular weight is 254 g/mol. The molecule has 2 aromatic rings. The van der Waals surface area contributed by atoms with Gasteiger partial charge in [0, 0.05) is 11.9 Å². The Balaban J connectivity index is 2.64. The van der Waals surface area contributed by atoms with Crippen molar-refractivity contribution in [3.8, 4) is 5.69 Å². The summed E-state index contributed by atoms with van der Waals surface area (Å²) in [6.45, 7) is 0. The van der Waals surface area contributed by atoms with Gasteiger partial charge in [-0.1, -0.05) is 18.2 Å². The standard InChI is InChI=1S/C12H9F3N2O/c13-12(14,15)9-6-7-17(10(9)11(16)18)8-4-2-1-3-5-8/h1-7H,(H2,16,18). The second-order valence-electron chi connectivity index (χ2n) is 3.65. The number of hydrogen-bond donors (Lipinski definition) is 1. The minimum Gasteiger partial charge on any atom is -0.364 e. The number of halogens is 3. The van der Waals surface area contributed by atoms with Gasteiger partial charge in [-0.2, -0.15) is 13.2 Å². The van der Waals surface area contributed by atoms with Crippen molar-refractivity contribution in [2.45, 2.75) is 6.18 Å². The Morgan fingerprint density at radius 2 is 1.72 bits per heavy atom. The topological polar surface area (TPSA) is 48.0 Å². The molecular weight excluding hydrogens is 245 g/mol. The van der Waals surface area contributed by atoms with Crippen LogP contribution in [0.1, 0.15) is 16.1 Å². The van der Waals surface area contributed by atoms with E-state index < -0.39 is 23.3 Å². The Kier molecular flexibility index (Phi) is 2.86. The number of alkyl halides is 3. The van der Waals surface area contributed by atoms with Gasteiger partial charge in [-0.15, -0.1) is 0 Å². The van der Waals surface area contributed by atoms with Gasteiger partial charge >= 0.3 is 6.18 Å². The highest BCUT2D eigenvalue weighted by Crippen LogP contribution is 2.33. The number of amides is 1. The molecule has 0 aliphatic heterocycles. The van der Waals surface area contributed by atoms with E-state index in [1.807, 2.05) is 0 Å². The summed E-state index contributed by atoms with van der Waals surface area (Å²) in [7, 11) is 0. The van der Waals surface area contributed by atoms with Gasteiger partial charge in [0.1, 0.15) is 5.69 Å². The first-order valence-electron chi connectivity index (χ1n) is 5.05. The first-order chi connectivity index (χ1) is 8.41. The number of benzene rings is 1. The van der Waals surface area contributed by atoms with Gasteiger partial charge in [-0.3, -0.25) is 4.79 Å². The molecule has 18 heavy (non-hydrogen) atoms. The monoisotopic (exact) mass is 254 g/mol. The van der Waals surface area contributed by atoms with Crippen molar-refractivity contribution in [2.24, 2.45) is 5.73 Å². The Morgan fingerprint density at radius 1 is 1.11 bits per heavy atom. The van der Waals surface area contributed by atoms with Crippen molar-refractivity contribution >= 4 is 5.91 Å². The number of carbonyl (C=O) groups excluding carboxylic acids is 1. The number of nitrogens with zero attached hydrogens (tertiary/aromatic N) is 1. The van der Waals surface area contributed by atoms with Crippen molar-refractivity contribution in [2.75, 3.05) is 0 Å². The quantitative estimate of drug-likeness (QED) is 0.879. The normalized spacial score (nSPS) is 11.5. The summed E-state index contributed by atoms with van der Waals surface area (Å²) in [5, 5.41) is 0. The number of rotatable bonds is 2. The van der Waals surface area contributed by atoms with Crippen LogP contribution in [0.4, 0.5) is 13.2 Å². The molecule has 2 N–H and O–H groups in total. The lowest BCUT2D eigenvalue weighted by atomic mass is 10.2. The number of carbonyl (C=O) groups is 1. The molecule has 1 aromatic carbocycles. The highest BCUT2D eigenvalue weighted by molar-refractivity contribution is 5.93. The van der Waals surface area contributed by atoms with Gasteiger partial charge in [-0.05, 0) is 18.2 Å². The molecule has 0 saturated carbocycles. The summed E-state index contributed by atoms with van der Waals surface area (Å²) in [5.41, 5.74) is 3.89.